The van der Waals surface area contributed by atoms with Gasteiger partial charge in [-0.25, -0.2) is 4.39 Å². The zero-order chi connectivity index (χ0) is 14.8. The van der Waals surface area contributed by atoms with Crippen molar-refractivity contribution in [1.82, 2.24) is 10.2 Å². The molecule has 1 N–H and O–H groups in total. The highest BCUT2D eigenvalue weighted by atomic mass is 79.9. The first-order valence-electron chi connectivity index (χ1n) is 6.85. The van der Waals surface area contributed by atoms with Crippen LogP contribution in [0.3, 0.4) is 0 Å². The van der Waals surface area contributed by atoms with E-state index in [-0.39, 0.29) is 11.4 Å². The Hall–Kier alpha value is -0.940. The summed E-state index contributed by atoms with van der Waals surface area (Å²) >= 11 is 3.20. The van der Waals surface area contributed by atoms with Gasteiger partial charge in [0.1, 0.15) is 5.82 Å². The molecule has 0 bridgehead atoms. The van der Waals surface area contributed by atoms with Gasteiger partial charge in [-0.2, -0.15) is 0 Å². The smallest absolute Gasteiger partial charge is 0.251 e. The van der Waals surface area contributed by atoms with Crippen LogP contribution in [-0.2, 0) is 0 Å². The lowest BCUT2D eigenvalue weighted by Crippen LogP contribution is -2.50. The second-order valence-electron chi connectivity index (χ2n) is 5.67. The molecular weight excluding hydrogens is 323 g/mol. The van der Waals surface area contributed by atoms with Crippen LogP contribution in [0.25, 0.3) is 0 Å². The van der Waals surface area contributed by atoms with Gasteiger partial charge in [0, 0.05) is 22.1 Å². The van der Waals surface area contributed by atoms with Crippen molar-refractivity contribution < 1.29 is 9.18 Å². The Labute approximate surface area is 127 Å². The van der Waals surface area contributed by atoms with Crippen LogP contribution in [0.2, 0.25) is 0 Å². The number of likely N-dealkylation sites (N-methyl/N-ethyl adjacent to an activating group) is 1. The average Bonchev–Trinajstić information content (AvgIpc) is 2.84. The summed E-state index contributed by atoms with van der Waals surface area (Å²) in [5, 5.41) is 2.95. The molecular formula is C15H20BrFN2O. The summed E-state index contributed by atoms with van der Waals surface area (Å²) in [6.45, 7) is 0.604. The number of nitrogens with zero attached hydrogens (tertiary/aromatic N) is 1. The lowest BCUT2D eigenvalue weighted by atomic mass is 9.96. The van der Waals surface area contributed by atoms with E-state index in [1.54, 1.807) is 6.07 Å². The number of nitrogens with one attached hydrogen (secondary N) is 1. The molecule has 5 heteroatoms. The molecule has 0 heterocycles. The molecule has 0 aromatic heterocycles. The Kier molecular flexibility index (Phi) is 4.81. The third-order valence-corrected chi connectivity index (χ3v) is 4.64. The standard InChI is InChI=1S/C15H20BrFN2O/c1-19(2)15(5-3-4-6-15)10-18-14(20)11-7-12(16)9-13(17)8-11/h7-9H,3-6,10H2,1-2H3,(H,18,20). The Morgan fingerprint density at radius 1 is 1.35 bits per heavy atom. The quantitative estimate of drug-likeness (QED) is 0.911. The Morgan fingerprint density at radius 2 is 2.00 bits per heavy atom. The Balaban J connectivity index is 2.04. The zero-order valence-electron chi connectivity index (χ0n) is 11.9. The number of rotatable bonds is 4. The molecule has 3 nitrogen and oxygen atoms in total. The predicted octanol–water partition coefficient (Wildman–Crippen LogP) is 3.19. The van der Waals surface area contributed by atoms with E-state index < -0.39 is 5.82 Å². The monoisotopic (exact) mass is 342 g/mol. The summed E-state index contributed by atoms with van der Waals surface area (Å²) in [5.41, 5.74) is 0.393. The van der Waals surface area contributed by atoms with Crippen molar-refractivity contribution in [2.75, 3.05) is 20.6 Å². The normalized spacial score (nSPS) is 17.4. The van der Waals surface area contributed by atoms with E-state index in [1.807, 2.05) is 0 Å². The van der Waals surface area contributed by atoms with Gasteiger partial charge in [0.25, 0.3) is 5.91 Å². The molecule has 0 saturated heterocycles. The van der Waals surface area contributed by atoms with Gasteiger partial charge in [-0.1, -0.05) is 28.8 Å². The molecule has 1 aromatic carbocycles. The maximum atomic E-state index is 13.3. The second kappa shape index (κ2) is 6.22. The highest BCUT2D eigenvalue weighted by Crippen LogP contribution is 2.33. The maximum absolute atomic E-state index is 13.3. The number of hydrogen-bond donors (Lipinski definition) is 1. The molecule has 0 radical (unpaired) electrons. The first kappa shape index (κ1) is 15.4. The molecule has 1 aromatic rings. The molecule has 0 atom stereocenters. The molecule has 20 heavy (non-hydrogen) atoms. The summed E-state index contributed by atoms with van der Waals surface area (Å²) in [6, 6.07) is 4.24. The van der Waals surface area contributed by atoms with Crippen LogP contribution in [-0.4, -0.2) is 37.0 Å². The molecule has 0 aliphatic heterocycles. The minimum absolute atomic E-state index is 0.0419. The topological polar surface area (TPSA) is 32.3 Å². The van der Waals surface area contributed by atoms with Gasteiger partial charge in [-0.05, 0) is 45.1 Å². The van der Waals surface area contributed by atoms with Crippen molar-refractivity contribution >= 4 is 21.8 Å². The third-order valence-electron chi connectivity index (χ3n) is 4.19. The van der Waals surface area contributed by atoms with Gasteiger partial charge in [0.2, 0.25) is 0 Å². The molecule has 1 saturated carbocycles. The number of amides is 1. The lowest BCUT2D eigenvalue weighted by molar-refractivity contribution is 0.0899. The Morgan fingerprint density at radius 3 is 2.55 bits per heavy atom. The first-order valence-corrected chi connectivity index (χ1v) is 7.64. The average molecular weight is 343 g/mol. The fourth-order valence-electron chi connectivity index (χ4n) is 2.85. The van der Waals surface area contributed by atoms with Crippen molar-refractivity contribution in [2.24, 2.45) is 0 Å². The summed E-state index contributed by atoms with van der Waals surface area (Å²) in [6.07, 6.45) is 4.57. The van der Waals surface area contributed by atoms with Crippen molar-refractivity contribution in [2.45, 2.75) is 31.2 Å². The van der Waals surface area contributed by atoms with Crippen molar-refractivity contribution in [3.8, 4) is 0 Å². The van der Waals surface area contributed by atoms with Crippen LogP contribution in [0.5, 0.6) is 0 Å². The van der Waals surface area contributed by atoms with Gasteiger partial charge in [0.05, 0.1) is 0 Å². The lowest BCUT2D eigenvalue weighted by Gasteiger charge is -2.36. The van der Waals surface area contributed by atoms with E-state index in [0.717, 1.165) is 12.8 Å². The van der Waals surface area contributed by atoms with Crippen LogP contribution in [0.15, 0.2) is 22.7 Å². The van der Waals surface area contributed by atoms with Crippen LogP contribution < -0.4 is 5.32 Å². The van der Waals surface area contributed by atoms with E-state index in [1.165, 1.54) is 25.0 Å². The molecule has 1 aliphatic rings. The largest absolute Gasteiger partial charge is 0.350 e. The molecule has 2 rings (SSSR count). The summed E-state index contributed by atoms with van der Waals surface area (Å²) < 4.78 is 13.9. The number of halogens is 2. The molecule has 0 unspecified atom stereocenters. The first-order chi connectivity index (χ1) is 9.43. The molecule has 1 fully saturated rings. The van der Waals surface area contributed by atoms with Gasteiger partial charge < -0.3 is 10.2 Å². The second-order valence-corrected chi connectivity index (χ2v) is 6.58. The minimum Gasteiger partial charge on any atom is -0.350 e. The van der Waals surface area contributed by atoms with E-state index in [2.05, 4.69) is 40.2 Å². The van der Waals surface area contributed by atoms with E-state index >= 15 is 0 Å². The van der Waals surface area contributed by atoms with Crippen LogP contribution in [0.4, 0.5) is 4.39 Å². The maximum Gasteiger partial charge on any atom is 0.251 e. The molecule has 1 aliphatic carbocycles. The summed E-state index contributed by atoms with van der Waals surface area (Å²) in [7, 11) is 4.10. The SMILES string of the molecule is CN(C)C1(CNC(=O)c2cc(F)cc(Br)c2)CCCC1. The van der Waals surface area contributed by atoms with Crippen LogP contribution in [0.1, 0.15) is 36.0 Å². The van der Waals surface area contributed by atoms with E-state index in [4.69, 9.17) is 0 Å². The molecule has 0 spiro atoms. The number of carbonyl (C=O) groups excluding carboxylic acids is 1. The third kappa shape index (κ3) is 3.38. The Bertz CT molecular complexity index is 478. The number of carbonyl (C=O) groups is 1. The minimum atomic E-state index is -0.410. The van der Waals surface area contributed by atoms with Crippen molar-refractivity contribution in [1.29, 1.82) is 0 Å². The molecule has 110 valence electrons. The predicted molar refractivity (Wildman–Crippen MR) is 81.3 cm³/mol. The van der Waals surface area contributed by atoms with Gasteiger partial charge in [-0.3, -0.25) is 4.79 Å². The fraction of sp³-hybridized carbons (Fsp3) is 0.533. The van der Waals surface area contributed by atoms with Gasteiger partial charge in [0.15, 0.2) is 0 Å². The summed E-state index contributed by atoms with van der Waals surface area (Å²) in [5.74, 6) is -0.633. The molecule has 1 amide bonds. The van der Waals surface area contributed by atoms with E-state index in [9.17, 15) is 9.18 Å². The van der Waals surface area contributed by atoms with E-state index in [0.29, 0.717) is 16.6 Å². The fourth-order valence-corrected chi connectivity index (χ4v) is 3.31. The van der Waals surface area contributed by atoms with Crippen molar-refractivity contribution in [3.63, 3.8) is 0 Å². The summed E-state index contributed by atoms with van der Waals surface area (Å²) in [4.78, 5) is 14.3. The van der Waals surface area contributed by atoms with Crippen LogP contribution >= 0.6 is 15.9 Å². The highest BCUT2D eigenvalue weighted by molar-refractivity contribution is 9.10. The van der Waals surface area contributed by atoms with Gasteiger partial charge >= 0.3 is 0 Å². The highest BCUT2D eigenvalue weighted by Gasteiger charge is 2.36. The van der Waals surface area contributed by atoms with Crippen LogP contribution in [0, 0.1) is 5.82 Å². The number of benzene rings is 1. The van der Waals surface area contributed by atoms with Gasteiger partial charge in [-0.15, -0.1) is 0 Å². The number of hydrogen-bond acceptors (Lipinski definition) is 2. The van der Waals surface area contributed by atoms with Crippen molar-refractivity contribution in [3.05, 3.63) is 34.1 Å². The zero-order valence-corrected chi connectivity index (χ0v) is 13.5.